The molecule has 1 radical (unpaired) electrons. The zero-order valence-electron chi connectivity index (χ0n) is 6.07. The van der Waals surface area contributed by atoms with Gasteiger partial charge in [-0.25, -0.2) is 4.79 Å². The molecule has 0 saturated carbocycles. The van der Waals surface area contributed by atoms with Crippen molar-refractivity contribution in [2.24, 2.45) is 0 Å². The van der Waals surface area contributed by atoms with Gasteiger partial charge in [-0.05, 0) is 18.2 Å². The van der Waals surface area contributed by atoms with E-state index < -0.39 is 5.97 Å². The lowest BCUT2D eigenvalue weighted by molar-refractivity contribution is 0.0697. The molecular weight excluding hydrogens is 156 g/mol. The molecule has 1 N–H and O–H groups in total. The summed E-state index contributed by atoms with van der Waals surface area (Å²) in [6, 6.07) is 7.50. The van der Waals surface area contributed by atoms with E-state index in [1.54, 1.807) is 6.07 Å². The molecule has 3 heteroatoms. The minimum Gasteiger partial charge on any atom is -0.478 e. The second-order valence-corrected chi connectivity index (χ2v) is 2.40. The molecule has 1 heterocycles. The summed E-state index contributed by atoms with van der Waals surface area (Å²) in [5.74, 6) is -0.951. The Labute approximate surface area is 68.2 Å². The first-order valence-corrected chi connectivity index (χ1v) is 3.39. The molecule has 12 heavy (non-hydrogen) atoms. The van der Waals surface area contributed by atoms with Crippen molar-refractivity contribution in [3.05, 3.63) is 36.1 Å². The Morgan fingerprint density at radius 1 is 1.50 bits per heavy atom. The van der Waals surface area contributed by atoms with Gasteiger partial charge in [0.25, 0.3) is 0 Å². The van der Waals surface area contributed by atoms with Crippen molar-refractivity contribution >= 4 is 16.9 Å². The predicted molar refractivity (Wildman–Crippen MR) is 42.0 cm³/mol. The van der Waals surface area contributed by atoms with Crippen LogP contribution in [0, 0.1) is 6.07 Å². The van der Waals surface area contributed by atoms with Gasteiger partial charge in [-0.15, -0.1) is 0 Å². The van der Waals surface area contributed by atoms with Gasteiger partial charge in [0.15, 0.2) is 0 Å². The molecule has 0 spiro atoms. The minimum atomic E-state index is -0.951. The molecule has 0 atom stereocenters. The van der Waals surface area contributed by atoms with E-state index in [1.807, 2.05) is 0 Å². The number of carboxylic acid groups (broad SMARTS) is 1. The van der Waals surface area contributed by atoms with E-state index >= 15 is 0 Å². The van der Waals surface area contributed by atoms with E-state index in [0.717, 1.165) is 5.39 Å². The fraction of sp³-hybridized carbons (Fsp3) is 0. The lowest BCUT2D eigenvalue weighted by atomic mass is 10.2. The van der Waals surface area contributed by atoms with Crippen molar-refractivity contribution < 1.29 is 14.3 Å². The first-order chi connectivity index (χ1) is 5.77. The monoisotopic (exact) mass is 161 g/mol. The number of rotatable bonds is 1. The van der Waals surface area contributed by atoms with Crippen molar-refractivity contribution in [1.82, 2.24) is 0 Å². The Morgan fingerprint density at radius 2 is 2.33 bits per heavy atom. The van der Waals surface area contributed by atoms with Gasteiger partial charge < -0.3 is 9.52 Å². The van der Waals surface area contributed by atoms with Crippen LogP contribution in [0.2, 0.25) is 0 Å². The maximum absolute atomic E-state index is 10.5. The van der Waals surface area contributed by atoms with Gasteiger partial charge in [-0.1, -0.05) is 0 Å². The highest BCUT2D eigenvalue weighted by molar-refractivity contribution is 5.92. The molecular formula is C9H5O3. The normalized spacial score (nSPS) is 10.3. The van der Waals surface area contributed by atoms with E-state index in [2.05, 4.69) is 6.07 Å². The maximum Gasteiger partial charge on any atom is 0.335 e. The second kappa shape index (κ2) is 2.37. The van der Waals surface area contributed by atoms with Crippen LogP contribution in [0.15, 0.2) is 28.9 Å². The highest BCUT2D eigenvalue weighted by Gasteiger charge is 2.04. The third-order valence-electron chi connectivity index (χ3n) is 1.63. The number of carboxylic acids is 1. The van der Waals surface area contributed by atoms with Gasteiger partial charge in [0.05, 0.1) is 11.8 Å². The molecule has 2 aromatic rings. The van der Waals surface area contributed by atoms with Crippen LogP contribution in [0.3, 0.4) is 0 Å². The molecule has 2 rings (SSSR count). The number of furan rings is 1. The molecule has 0 aliphatic carbocycles. The van der Waals surface area contributed by atoms with E-state index in [4.69, 9.17) is 9.52 Å². The van der Waals surface area contributed by atoms with E-state index in [1.165, 1.54) is 18.4 Å². The molecule has 0 aliphatic rings. The Hall–Kier alpha value is -1.77. The SMILES string of the molecule is O=C(O)c1ccc2[c]coc2c1. The summed E-state index contributed by atoms with van der Waals surface area (Å²) in [5.41, 5.74) is 0.778. The summed E-state index contributed by atoms with van der Waals surface area (Å²) in [6.45, 7) is 0. The summed E-state index contributed by atoms with van der Waals surface area (Å²) < 4.78 is 4.99. The largest absolute Gasteiger partial charge is 0.478 e. The lowest BCUT2D eigenvalue weighted by Gasteiger charge is -1.91. The first kappa shape index (κ1) is 6.91. The Bertz CT molecular complexity index is 428. The Morgan fingerprint density at radius 3 is 3.08 bits per heavy atom. The van der Waals surface area contributed by atoms with Crippen LogP contribution in [-0.4, -0.2) is 11.1 Å². The molecule has 1 aromatic heterocycles. The Balaban J connectivity index is 2.68. The van der Waals surface area contributed by atoms with Gasteiger partial charge in [0.1, 0.15) is 5.58 Å². The average molecular weight is 161 g/mol. The van der Waals surface area contributed by atoms with Gasteiger partial charge in [0.2, 0.25) is 0 Å². The number of aromatic carboxylic acids is 1. The van der Waals surface area contributed by atoms with Crippen LogP contribution in [0.25, 0.3) is 11.0 Å². The van der Waals surface area contributed by atoms with Crippen molar-refractivity contribution in [2.45, 2.75) is 0 Å². The van der Waals surface area contributed by atoms with Crippen molar-refractivity contribution in [1.29, 1.82) is 0 Å². The van der Waals surface area contributed by atoms with Crippen molar-refractivity contribution in [2.75, 3.05) is 0 Å². The molecule has 0 amide bonds. The van der Waals surface area contributed by atoms with E-state index in [0.29, 0.717) is 5.58 Å². The minimum absolute atomic E-state index is 0.228. The molecule has 0 unspecified atom stereocenters. The highest BCUT2D eigenvalue weighted by Crippen LogP contribution is 2.15. The number of hydrogen-bond donors (Lipinski definition) is 1. The van der Waals surface area contributed by atoms with Crippen LogP contribution in [0.1, 0.15) is 10.4 Å². The predicted octanol–water partition coefficient (Wildman–Crippen LogP) is 1.93. The van der Waals surface area contributed by atoms with Crippen LogP contribution in [0.5, 0.6) is 0 Å². The topological polar surface area (TPSA) is 50.4 Å². The lowest BCUT2D eigenvalue weighted by Crippen LogP contribution is -1.94. The smallest absolute Gasteiger partial charge is 0.335 e. The number of hydrogen-bond acceptors (Lipinski definition) is 2. The molecule has 1 aromatic carbocycles. The molecule has 0 aliphatic heterocycles. The summed E-state index contributed by atoms with van der Waals surface area (Å²) in [5, 5.41) is 9.42. The Kier molecular flexibility index (Phi) is 1.37. The van der Waals surface area contributed by atoms with E-state index in [-0.39, 0.29) is 5.56 Å². The summed E-state index contributed by atoms with van der Waals surface area (Å²) in [4.78, 5) is 10.5. The molecule has 0 bridgehead atoms. The van der Waals surface area contributed by atoms with Crippen LogP contribution >= 0.6 is 0 Å². The van der Waals surface area contributed by atoms with Gasteiger partial charge in [-0.3, -0.25) is 0 Å². The fourth-order valence-corrected chi connectivity index (χ4v) is 1.03. The van der Waals surface area contributed by atoms with Crippen LogP contribution in [-0.2, 0) is 0 Å². The zero-order valence-corrected chi connectivity index (χ0v) is 6.07. The zero-order chi connectivity index (χ0) is 8.55. The summed E-state index contributed by atoms with van der Waals surface area (Å²) in [6.07, 6.45) is 1.41. The summed E-state index contributed by atoms with van der Waals surface area (Å²) >= 11 is 0. The molecule has 3 nitrogen and oxygen atoms in total. The highest BCUT2D eigenvalue weighted by atomic mass is 16.4. The van der Waals surface area contributed by atoms with Crippen LogP contribution in [0.4, 0.5) is 0 Å². The standard InChI is InChI=1S/C9H5O3/c10-9(11)7-2-1-6-3-4-12-8(6)5-7/h1-2,4-5H,(H,10,11). The molecule has 0 saturated heterocycles. The number of fused-ring (bicyclic) bond motifs is 1. The van der Waals surface area contributed by atoms with Gasteiger partial charge in [0, 0.05) is 11.5 Å². The quantitative estimate of drug-likeness (QED) is 0.695. The first-order valence-electron chi connectivity index (χ1n) is 3.39. The average Bonchev–Trinajstić information content (AvgIpc) is 2.49. The third-order valence-corrected chi connectivity index (χ3v) is 1.63. The number of benzene rings is 1. The third kappa shape index (κ3) is 0.955. The summed E-state index contributed by atoms with van der Waals surface area (Å²) in [7, 11) is 0. The van der Waals surface area contributed by atoms with E-state index in [9.17, 15) is 4.79 Å². The maximum atomic E-state index is 10.5. The van der Waals surface area contributed by atoms with Crippen molar-refractivity contribution in [3.63, 3.8) is 0 Å². The number of carbonyl (C=O) groups is 1. The van der Waals surface area contributed by atoms with Gasteiger partial charge in [-0.2, -0.15) is 0 Å². The van der Waals surface area contributed by atoms with Gasteiger partial charge >= 0.3 is 5.97 Å². The van der Waals surface area contributed by atoms with Crippen LogP contribution < -0.4 is 0 Å². The molecule has 59 valence electrons. The van der Waals surface area contributed by atoms with Crippen molar-refractivity contribution in [3.8, 4) is 0 Å². The second-order valence-electron chi connectivity index (χ2n) is 2.40. The fourth-order valence-electron chi connectivity index (χ4n) is 1.03. The molecule has 0 fully saturated rings.